The first-order valence-electron chi connectivity index (χ1n) is 9.90. The molecule has 0 bridgehead atoms. The summed E-state index contributed by atoms with van der Waals surface area (Å²) in [7, 11) is 1.74. The van der Waals surface area contributed by atoms with Crippen molar-refractivity contribution in [2.24, 2.45) is 0 Å². The fraction of sp³-hybridized carbons (Fsp3) is 0.333. The zero-order chi connectivity index (χ0) is 19.8. The molecule has 28 heavy (non-hydrogen) atoms. The average molecular weight is 382 g/mol. The van der Waals surface area contributed by atoms with Crippen LogP contribution < -0.4 is 4.90 Å². The summed E-state index contributed by atoms with van der Waals surface area (Å²) in [6.07, 6.45) is 3.16. The Hall–Kier alpha value is -2.43. The van der Waals surface area contributed by atoms with Crippen molar-refractivity contribution in [2.75, 3.05) is 20.3 Å². The number of nitrogens with zero attached hydrogens (tertiary/aromatic N) is 1. The van der Waals surface area contributed by atoms with Gasteiger partial charge in [-0.15, -0.1) is 0 Å². The molecule has 3 nitrogen and oxygen atoms in total. The number of aromatic nitrogens is 1. The number of quaternary nitrogens is 1. The molecule has 2 aromatic carbocycles. The average Bonchev–Trinajstić information content (AvgIpc) is 3.10. The molecule has 0 amide bonds. The van der Waals surface area contributed by atoms with Crippen molar-refractivity contribution in [3.05, 3.63) is 95.1 Å². The maximum atomic E-state index is 13.2. The number of halogens is 1. The number of hydrogen-bond donors (Lipinski definition) is 1. The first-order valence-corrected chi connectivity index (χ1v) is 9.90. The minimum atomic E-state index is -0.184. The van der Waals surface area contributed by atoms with Crippen molar-refractivity contribution in [1.29, 1.82) is 0 Å². The molecule has 1 N–H and O–H groups in total. The van der Waals surface area contributed by atoms with Gasteiger partial charge in [-0.05, 0) is 36.8 Å². The van der Waals surface area contributed by atoms with Gasteiger partial charge in [0.1, 0.15) is 18.9 Å². The molecule has 0 aliphatic rings. The predicted octanol–water partition coefficient (Wildman–Crippen LogP) is 3.61. The number of benzene rings is 2. The van der Waals surface area contributed by atoms with E-state index in [1.165, 1.54) is 21.7 Å². The van der Waals surface area contributed by atoms with Crippen molar-refractivity contribution >= 4 is 0 Å². The van der Waals surface area contributed by atoms with E-state index >= 15 is 0 Å². The van der Waals surface area contributed by atoms with Gasteiger partial charge in [0.05, 0.1) is 18.8 Å². The lowest BCUT2D eigenvalue weighted by atomic mass is 10.1. The molecule has 0 saturated carbocycles. The van der Waals surface area contributed by atoms with Gasteiger partial charge in [-0.25, -0.2) is 4.39 Å². The Bertz CT molecular complexity index is 857. The SMILES string of the molecule is COCCC[NH+](Cc1ccc(F)cc1)Cc1cccn1Cc1cccc(C)c1. The lowest BCUT2D eigenvalue weighted by Gasteiger charge is -2.21. The Labute approximate surface area is 167 Å². The molecule has 3 aromatic rings. The van der Waals surface area contributed by atoms with E-state index in [1.807, 2.05) is 12.1 Å². The van der Waals surface area contributed by atoms with Crippen LogP contribution in [0.2, 0.25) is 0 Å². The molecular formula is C24H30FN2O+. The molecular weight excluding hydrogens is 351 g/mol. The third kappa shape index (κ3) is 6.04. The second-order valence-electron chi connectivity index (χ2n) is 7.44. The molecule has 0 spiro atoms. The summed E-state index contributed by atoms with van der Waals surface area (Å²) in [6, 6.07) is 19.9. The molecule has 1 unspecified atom stereocenters. The summed E-state index contributed by atoms with van der Waals surface area (Å²) in [5.41, 5.74) is 5.08. The van der Waals surface area contributed by atoms with Crippen molar-refractivity contribution < 1.29 is 14.0 Å². The number of aryl methyl sites for hydroxylation is 1. The Kier molecular flexibility index (Phi) is 7.40. The molecule has 0 saturated heterocycles. The maximum absolute atomic E-state index is 13.2. The van der Waals surface area contributed by atoms with Gasteiger partial charge in [0, 0.05) is 31.8 Å². The van der Waals surface area contributed by atoms with Crippen LogP contribution in [0, 0.1) is 12.7 Å². The first-order chi connectivity index (χ1) is 13.6. The summed E-state index contributed by atoms with van der Waals surface area (Å²) < 4.78 is 20.8. The van der Waals surface area contributed by atoms with Gasteiger partial charge in [-0.2, -0.15) is 0 Å². The van der Waals surface area contributed by atoms with Gasteiger partial charge < -0.3 is 14.2 Å². The van der Waals surface area contributed by atoms with E-state index < -0.39 is 0 Å². The van der Waals surface area contributed by atoms with Crippen molar-refractivity contribution in [3.63, 3.8) is 0 Å². The second kappa shape index (κ2) is 10.2. The summed E-state index contributed by atoms with van der Waals surface area (Å²) in [5.74, 6) is -0.184. The van der Waals surface area contributed by atoms with E-state index in [9.17, 15) is 4.39 Å². The van der Waals surface area contributed by atoms with Crippen LogP contribution >= 0.6 is 0 Å². The lowest BCUT2D eigenvalue weighted by molar-refractivity contribution is -0.928. The van der Waals surface area contributed by atoms with Gasteiger partial charge in [0.25, 0.3) is 0 Å². The van der Waals surface area contributed by atoms with E-state index in [-0.39, 0.29) is 5.82 Å². The highest BCUT2D eigenvalue weighted by Gasteiger charge is 2.14. The second-order valence-corrected chi connectivity index (χ2v) is 7.44. The summed E-state index contributed by atoms with van der Waals surface area (Å²) >= 11 is 0. The van der Waals surface area contributed by atoms with E-state index in [4.69, 9.17) is 4.74 Å². The molecule has 0 aliphatic heterocycles. The van der Waals surface area contributed by atoms with E-state index in [2.05, 4.69) is 54.1 Å². The highest BCUT2D eigenvalue weighted by molar-refractivity contribution is 5.23. The molecule has 0 fully saturated rings. The van der Waals surface area contributed by atoms with Crippen LogP contribution in [-0.4, -0.2) is 24.8 Å². The Balaban J connectivity index is 1.71. The van der Waals surface area contributed by atoms with Crippen molar-refractivity contribution in [2.45, 2.75) is 33.0 Å². The highest BCUT2D eigenvalue weighted by Crippen LogP contribution is 2.10. The van der Waals surface area contributed by atoms with Gasteiger partial charge >= 0.3 is 0 Å². The van der Waals surface area contributed by atoms with Crippen LogP contribution in [0.25, 0.3) is 0 Å². The highest BCUT2D eigenvalue weighted by atomic mass is 19.1. The van der Waals surface area contributed by atoms with Gasteiger partial charge in [-0.1, -0.05) is 42.0 Å². The van der Waals surface area contributed by atoms with Crippen LogP contribution in [0.1, 0.15) is 28.8 Å². The lowest BCUT2D eigenvalue weighted by Crippen LogP contribution is -3.09. The summed E-state index contributed by atoms with van der Waals surface area (Å²) in [4.78, 5) is 1.45. The number of rotatable bonds is 10. The molecule has 1 aromatic heterocycles. The topological polar surface area (TPSA) is 18.6 Å². The largest absolute Gasteiger partial charge is 0.384 e. The van der Waals surface area contributed by atoms with Crippen molar-refractivity contribution in [3.8, 4) is 0 Å². The van der Waals surface area contributed by atoms with E-state index in [1.54, 1.807) is 19.2 Å². The standard InChI is InChI=1S/C24H29FN2O/c1-20-6-3-7-22(16-20)18-27-14-4-8-24(27)19-26(13-5-15-28-2)17-21-9-11-23(25)12-10-21/h3-4,6-12,14,16H,5,13,15,17-19H2,1-2H3/p+1. The zero-order valence-electron chi connectivity index (χ0n) is 16.8. The number of hydrogen-bond acceptors (Lipinski definition) is 1. The van der Waals surface area contributed by atoms with Crippen LogP contribution in [0.15, 0.2) is 66.9 Å². The van der Waals surface area contributed by atoms with Crippen LogP contribution in [-0.2, 0) is 24.4 Å². The van der Waals surface area contributed by atoms with Crippen LogP contribution in [0.5, 0.6) is 0 Å². The fourth-order valence-corrected chi connectivity index (χ4v) is 3.62. The molecule has 1 heterocycles. The molecule has 3 rings (SSSR count). The Morgan fingerprint density at radius 1 is 0.964 bits per heavy atom. The molecule has 0 aliphatic carbocycles. The minimum Gasteiger partial charge on any atom is -0.384 e. The predicted molar refractivity (Wildman–Crippen MR) is 111 cm³/mol. The van der Waals surface area contributed by atoms with Crippen LogP contribution in [0.3, 0.4) is 0 Å². The first kappa shape index (κ1) is 20.3. The third-order valence-corrected chi connectivity index (χ3v) is 5.04. The Morgan fingerprint density at radius 2 is 1.79 bits per heavy atom. The van der Waals surface area contributed by atoms with Gasteiger partial charge in [-0.3, -0.25) is 0 Å². The zero-order valence-corrected chi connectivity index (χ0v) is 16.8. The van der Waals surface area contributed by atoms with Crippen molar-refractivity contribution in [1.82, 2.24) is 4.57 Å². The van der Waals surface area contributed by atoms with Crippen LogP contribution in [0.4, 0.5) is 4.39 Å². The fourth-order valence-electron chi connectivity index (χ4n) is 3.62. The monoisotopic (exact) mass is 381 g/mol. The Morgan fingerprint density at radius 3 is 2.54 bits per heavy atom. The molecule has 0 radical (unpaired) electrons. The number of methoxy groups -OCH3 is 1. The van der Waals surface area contributed by atoms with Gasteiger partial charge in [0.2, 0.25) is 0 Å². The molecule has 1 atom stereocenters. The minimum absolute atomic E-state index is 0.184. The maximum Gasteiger partial charge on any atom is 0.123 e. The smallest absolute Gasteiger partial charge is 0.123 e. The van der Waals surface area contributed by atoms with Gasteiger partial charge in [0.15, 0.2) is 0 Å². The number of nitrogens with one attached hydrogen (secondary N) is 1. The third-order valence-electron chi connectivity index (χ3n) is 5.04. The summed E-state index contributed by atoms with van der Waals surface area (Å²) in [6.45, 7) is 6.59. The molecule has 148 valence electrons. The van der Waals surface area contributed by atoms with E-state index in [0.29, 0.717) is 0 Å². The van der Waals surface area contributed by atoms with E-state index in [0.717, 1.165) is 44.8 Å². The quantitative estimate of drug-likeness (QED) is 0.532. The normalized spacial score (nSPS) is 12.2. The summed E-state index contributed by atoms with van der Waals surface area (Å²) in [5, 5.41) is 0. The number of ether oxygens (including phenoxy) is 1. The molecule has 4 heteroatoms.